The van der Waals surface area contributed by atoms with Gasteiger partial charge in [-0.15, -0.1) is 0 Å². The number of hydrogen-bond donors (Lipinski definition) is 3. The van der Waals surface area contributed by atoms with Crippen LogP contribution in [0, 0.1) is 11.1 Å². The number of aryl methyl sites for hydroxylation is 1. The van der Waals surface area contributed by atoms with E-state index in [2.05, 4.69) is 10.2 Å². The van der Waals surface area contributed by atoms with E-state index in [1.54, 1.807) is 10.9 Å². The van der Waals surface area contributed by atoms with E-state index < -0.39 is 11.4 Å². The number of primary amides is 1. The third-order valence-corrected chi connectivity index (χ3v) is 7.17. The van der Waals surface area contributed by atoms with Gasteiger partial charge in [0, 0.05) is 31.1 Å². The van der Waals surface area contributed by atoms with Crippen LogP contribution in [0.2, 0.25) is 0 Å². The van der Waals surface area contributed by atoms with Crippen molar-refractivity contribution in [3.63, 3.8) is 0 Å². The van der Waals surface area contributed by atoms with Crippen LogP contribution in [-0.4, -0.2) is 28.4 Å². The van der Waals surface area contributed by atoms with Gasteiger partial charge in [-0.25, -0.2) is 0 Å². The molecule has 5 N–H and O–H groups in total. The fraction of sp³-hybridized carbons (Fsp3) is 0.500. The topological polar surface area (TPSA) is 130 Å². The van der Waals surface area contributed by atoms with Gasteiger partial charge in [0.2, 0.25) is 5.91 Å². The first-order valence-electron chi connectivity index (χ1n) is 11.0. The van der Waals surface area contributed by atoms with E-state index >= 15 is 0 Å². The molecule has 3 aliphatic rings. The molecule has 0 bridgehead atoms. The van der Waals surface area contributed by atoms with Gasteiger partial charge < -0.3 is 21.7 Å². The Bertz CT molecular complexity index is 1040. The number of benzene rings is 1. The molecule has 2 aromatic rings. The van der Waals surface area contributed by atoms with Gasteiger partial charge >= 0.3 is 0 Å². The van der Waals surface area contributed by atoms with Gasteiger partial charge in [-0.05, 0) is 29.9 Å². The van der Waals surface area contributed by atoms with E-state index in [9.17, 15) is 10.0 Å². The first kappa shape index (κ1) is 20.2. The molecule has 9 heteroatoms. The van der Waals surface area contributed by atoms with Crippen molar-refractivity contribution < 1.29 is 9.86 Å². The average molecular weight is 424 g/mol. The maximum absolute atomic E-state index is 12.9. The fourth-order valence-electron chi connectivity index (χ4n) is 5.49. The number of anilines is 1. The zero-order chi connectivity index (χ0) is 21.8. The molecule has 1 aromatic heterocycles. The van der Waals surface area contributed by atoms with Crippen molar-refractivity contribution in [2.45, 2.75) is 50.1 Å². The summed E-state index contributed by atoms with van der Waals surface area (Å²) in [6.45, 7) is 0.857. The Labute approximate surface area is 181 Å². The second kappa shape index (κ2) is 7.44. The highest BCUT2D eigenvalue weighted by Gasteiger charge is 2.45. The van der Waals surface area contributed by atoms with Crippen LogP contribution in [0.5, 0.6) is 0 Å². The van der Waals surface area contributed by atoms with Gasteiger partial charge in [0.1, 0.15) is 11.2 Å². The van der Waals surface area contributed by atoms with Gasteiger partial charge in [-0.1, -0.05) is 25.3 Å². The molecule has 2 unspecified atom stereocenters. The number of aromatic nitrogens is 2. The second-order valence-electron chi connectivity index (χ2n) is 9.09. The van der Waals surface area contributed by atoms with E-state index in [1.165, 1.54) is 0 Å². The monoisotopic (exact) mass is 423 g/mol. The number of hydroxylamine groups is 1. The molecule has 5 rings (SSSR count). The van der Waals surface area contributed by atoms with Gasteiger partial charge in [0.05, 0.1) is 30.9 Å². The van der Waals surface area contributed by atoms with E-state index in [1.807, 2.05) is 36.6 Å². The van der Waals surface area contributed by atoms with E-state index in [-0.39, 0.29) is 16.9 Å². The number of rotatable bonds is 4. The third kappa shape index (κ3) is 3.24. The molecule has 1 amide bonds. The van der Waals surface area contributed by atoms with Crippen LogP contribution < -0.4 is 21.5 Å². The molecule has 2 aliphatic heterocycles. The van der Waals surface area contributed by atoms with Crippen LogP contribution >= 0.6 is 0 Å². The minimum atomic E-state index is -1.28. The summed E-state index contributed by atoms with van der Waals surface area (Å²) < 4.78 is 1.73. The Morgan fingerprint density at radius 2 is 2.06 bits per heavy atom. The molecular formula is C22H29N7O2. The molecule has 9 nitrogen and oxygen atoms in total. The summed E-state index contributed by atoms with van der Waals surface area (Å²) in [7, 11) is 1.86. The lowest BCUT2D eigenvalue weighted by atomic mass is 9.70. The summed E-state index contributed by atoms with van der Waals surface area (Å²) in [5.41, 5.74) is 15.6. The summed E-state index contributed by atoms with van der Waals surface area (Å²) in [4.78, 5) is 12.7. The molecule has 0 radical (unpaired) electrons. The number of carbonyl (C=O) groups excluding carboxylic acids is 1. The smallest absolute Gasteiger partial charge is 0.242 e. The van der Waals surface area contributed by atoms with Crippen LogP contribution in [0.15, 0.2) is 29.6 Å². The Hall–Kier alpha value is -2.75. The number of hydrazone groups is 1. The predicted molar refractivity (Wildman–Crippen MR) is 118 cm³/mol. The number of amides is 1. The Morgan fingerprint density at radius 3 is 2.74 bits per heavy atom. The molecule has 3 heterocycles. The van der Waals surface area contributed by atoms with Crippen LogP contribution in [0.3, 0.4) is 0 Å². The second-order valence-corrected chi connectivity index (χ2v) is 9.09. The molecule has 3 atom stereocenters. The van der Waals surface area contributed by atoms with Crippen LogP contribution in [-0.2, 0) is 23.9 Å². The van der Waals surface area contributed by atoms with Crippen LogP contribution in [0.25, 0.3) is 0 Å². The lowest BCUT2D eigenvalue weighted by molar-refractivity contribution is -0.769. The molecular weight excluding hydrogens is 394 g/mol. The standard InChI is InChI=1S/C22H29N7O2/c1-27-13-18(10-25-27)28-11-14-7-17(8-19-20(14)15(9-26-28)12-29(19)31)22(24,21(23)30)16-5-3-2-4-6-16/h7-10,13,15-16,29H,2-6,11-12,24H2,1H3,(H2,23,30)/t15?,22-/m1/s1. The molecule has 164 valence electrons. The highest BCUT2D eigenvalue weighted by Crippen LogP contribution is 2.42. The van der Waals surface area contributed by atoms with Crippen molar-refractivity contribution >= 4 is 23.5 Å². The van der Waals surface area contributed by atoms with Crippen molar-refractivity contribution in [2.24, 2.45) is 29.5 Å². The number of quaternary nitrogens is 1. The van der Waals surface area contributed by atoms with Gasteiger partial charge in [0.25, 0.3) is 0 Å². The lowest BCUT2D eigenvalue weighted by Crippen LogP contribution is -3.00. The van der Waals surface area contributed by atoms with Crippen molar-refractivity contribution in [1.82, 2.24) is 9.78 Å². The zero-order valence-electron chi connectivity index (χ0n) is 17.8. The van der Waals surface area contributed by atoms with Gasteiger partial charge in [-0.2, -0.15) is 10.2 Å². The molecule has 0 saturated heterocycles. The summed E-state index contributed by atoms with van der Waals surface area (Å²) in [5.74, 6) is -0.612. The number of nitrogens with two attached hydrogens (primary N) is 2. The van der Waals surface area contributed by atoms with E-state index in [0.29, 0.717) is 24.3 Å². The third-order valence-electron chi connectivity index (χ3n) is 7.17. The molecule has 1 saturated carbocycles. The first-order chi connectivity index (χ1) is 14.9. The molecule has 1 aliphatic carbocycles. The van der Waals surface area contributed by atoms with Crippen molar-refractivity contribution in [3.05, 3.63) is 46.4 Å². The van der Waals surface area contributed by atoms with Crippen LogP contribution in [0.1, 0.15) is 54.7 Å². The number of hydrogen-bond acceptors (Lipinski definition) is 6. The number of nitrogens with one attached hydrogen (secondary N) is 1. The molecule has 1 aromatic carbocycles. The van der Waals surface area contributed by atoms with Crippen molar-refractivity contribution in [1.29, 1.82) is 0 Å². The SMILES string of the molecule is Cn1cc(N2Cc3cc([C@@](N)(C(N)=O)C4CCCCC4)cc4c3C(C=N2)C[NH+]4[O-])cn1. The van der Waals surface area contributed by atoms with Gasteiger partial charge in [0.15, 0.2) is 0 Å². The largest absolute Gasteiger partial charge is 0.629 e. The fourth-order valence-corrected chi connectivity index (χ4v) is 5.49. The van der Waals surface area contributed by atoms with Crippen LogP contribution in [0.4, 0.5) is 11.4 Å². The summed E-state index contributed by atoms with van der Waals surface area (Å²) in [6.07, 6.45) is 10.5. The van der Waals surface area contributed by atoms with E-state index in [0.717, 1.165) is 48.9 Å². The highest BCUT2D eigenvalue weighted by atomic mass is 16.5. The maximum atomic E-state index is 12.9. The Kier molecular flexibility index (Phi) is 4.84. The Morgan fingerprint density at radius 1 is 1.29 bits per heavy atom. The average Bonchev–Trinajstić information content (AvgIpc) is 3.28. The predicted octanol–water partition coefficient (Wildman–Crippen LogP) is 0.757. The summed E-state index contributed by atoms with van der Waals surface area (Å²) in [5, 5.41) is 23.7. The van der Waals surface area contributed by atoms with Crippen molar-refractivity contribution in [3.8, 4) is 0 Å². The maximum Gasteiger partial charge on any atom is 0.242 e. The highest BCUT2D eigenvalue weighted by molar-refractivity contribution is 5.87. The molecule has 31 heavy (non-hydrogen) atoms. The zero-order valence-corrected chi connectivity index (χ0v) is 17.8. The summed E-state index contributed by atoms with van der Waals surface area (Å²) in [6, 6.07) is 3.82. The van der Waals surface area contributed by atoms with E-state index in [4.69, 9.17) is 11.5 Å². The molecule has 0 spiro atoms. The Balaban J connectivity index is 1.62. The first-order valence-corrected chi connectivity index (χ1v) is 11.0. The number of nitrogens with zero attached hydrogens (tertiary/aromatic N) is 4. The number of carbonyl (C=O) groups is 1. The minimum absolute atomic E-state index is 0.0206. The normalized spacial score (nSPS) is 25.2. The quantitative estimate of drug-likeness (QED) is 0.625. The lowest BCUT2D eigenvalue weighted by Gasteiger charge is -2.38. The summed E-state index contributed by atoms with van der Waals surface area (Å²) >= 11 is 0. The minimum Gasteiger partial charge on any atom is -0.629 e. The van der Waals surface area contributed by atoms with Gasteiger partial charge in [-0.3, -0.25) is 14.5 Å². The van der Waals surface area contributed by atoms with Crippen molar-refractivity contribution in [2.75, 3.05) is 11.6 Å². The molecule has 1 fully saturated rings.